The fraction of sp³-hybridized carbons (Fsp3) is 0.462. The Hall–Kier alpha value is -1.27. The number of hydrogen-bond donors (Lipinski definition) is 0. The van der Waals surface area contributed by atoms with Crippen molar-refractivity contribution in [2.45, 2.75) is 11.7 Å². The summed E-state index contributed by atoms with van der Waals surface area (Å²) in [6.45, 7) is 1.98. The van der Waals surface area contributed by atoms with E-state index in [0.29, 0.717) is 25.3 Å². The number of halogens is 4. The molecule has 1 atom stereocenters. The van der Waals surface area contributed by atoms with Crippen LogP contribution in [0.4, 0.5) is 18.9 Å². The molecule has 1 aliphatic heterocycles. The van der Waals surface area contributed by atoms with Crippen LogP contribution in [0.1, 0.15) is 5.56 Å². The third-order valence-corrected chi connectivity index (χ3v) is 3.71. The van der Waals surface area contributed by atoms with Crippen molar-refractivity contribution in [3.63, 3.8) is 0 Å². The molecule has 0 amide bonds. The zero-order chi connectivity index (χ0) is 14.8. The Labute approximate surface area is 119 Å². The van der Waals surface area contributed by atoms with Gasteiger partial charge >= 0.3 is 6.18 Å². The van der Waals surface area contributed by atoms with Gasteiger partial charge in [-0.25, -0.2) is 0 Å². The van der Waals surface area contributed by atoms with E-state index in [0.717, 1.165) is 18.4 Å². The van der Waals surface area contributed by atoms with Gasteiger partial charge in [-0.05, 0) is 24.3 Å². The standard InChI is InChI=1S/C13H14ClF3N2O/c14-12-9-19(6-5-18(12)7-8-20)11-3-1-10(2-4-11)13(15,16)17/h1-4,8,12H,5-7,9H2. The summed E-state index contributed by atoms with van der Waals surface area (Å²) in [5, 5.41) is 0. The highest BCUT2D eigenvalue weighted by atomic mass is 35.5. The highest BCUT2D eigenvalue weighted by Crippen LogP contribution is 2.31. The predicted molar refractivity (Wildman–Crippen MR) is 70.9 cm³/mol. The molecule has 1 aromatic carbocycles. The molecule has 0 aromatic heterocycles. The maximum atomic E-state index is 12.5. The fourth-order valence-corrected chi connectivity index (χ4v) is 2.52. The van der Waals surface area contributed by atoms with E-state index in [1.807, 2.05) is 9.80 Å². The third-order valence-electron chi connectivity index (χ3n) is 3.29. The Balaban J connectivity index is 2.04. The van der Waals surface area contributed by atoms with E-state index in [4.69, 9.17) is 11.6 Å². The molecule has 20 heavy (non-hydrogen) atoms. The first-order chi connectivity index (χ1) is 9.41. The lowest BCUT2D eigenvalue weighted by atomic mass is 10.1. The quantitative estimate of drug-likeness (QED) is 0.487. The molecular weight excluding hydrogens is 293 g/mol. The molecule has 1 saturated heterocycles. The summed E-state index contributed by atoms with van der Waals surface area (Å²) in [5.74, 6) is 0. The number of carbonyl (C=O) groups excluding carboxylic acids is 1. The van der Waals surface area contributed by atoms with Crippen molar-refractivity contribution in [1.82, 2.24) is 4.90 Å². The van der Waals surface area contributed by atoms with Gasteiger partial charge in [-0.2, -0.15) is 13.2 Å². The van der Waals surface area contributed by atoms with E-state index >= 15 is 0 Å². The zero-order valence-electron chi connectivity index (χ0n) is 10.6. The summed E-state index contributed by atoms with van der Waals surface area (Å²) in [4.78, 5) is 14.2. The van der Waals surface area contributed by atoms with Gasteiger partial charge in [-0.1, -0.05) is 0 Å². The molecule has 1 aliphatic rings. The lowest BCUT2D eigenvalue weighted by Gasteiger charge is -2.38. The molecule has 2 rings (SSSR count). The molecule has 110 valence electrons. The molecule has 0 radical (unpaired) electrons. The number of carbonyl (C=O) groups is 1. The van der Waals surface area contributed by atoms with Gasteiger partial charge in [-0.15, -0.1) is 11.6 Å². The number of hydrogen-bond acceptors (Lipinski definition) is 3. The molecule has 0 aliphatic carbocycles. The molecule has 0 bridgehead atoms. The van der Waals surface area contributed by atoms with Crippen LogP contribution in [0.15, 0.2) is 24.3 Å². The number of aldehydes is 1. The summed E-state index contributed by atoms with van der Waals surface area (Å²) < 4.78 is 37.5. The Morgan fingerprint density at radius 3 is 2.40 bits per heavy atom. The number of rotatable bonds is 3. The van der Waals surface area contributed by atoms with E-state index in [-0.39, 0.29) is 12.0 Å². The number of benzene rings is 1. The van der Waals surface area contributed by atoms with Crippen molar-refractivity contribution in [2.75, 3.05) is 31.1 Å². The molecule has 0 N–H and O–H groups in total. The van der Waals surface area contributed by atoms with Gasteiger partial charge in [0.05, 0.1) is 12.1 Å². The van der Waals surface area contributed by atoms with Gasteiger partial charge in [0, 0.05) is 25.3 Å². The minimum absolute atomic E-state index is 0.273. The van der Waals surface area contributed by atoms with Crippen LogP contribution in [0.5, 0.6) is 0 Å². The first-order valence-corrected chi connectivity index (χ1v) is 6.59. The minimum atomic E-state index is -4.32. The minimum Gasteiger partial charge on any atom is -0.367 e. The van der Waals surface area contributed by atoms with E-state index in [1.165, 1.54) is 12.1 Å². The van der Waals surface area contributed by atoms with Crippen LogP contribution >= 0.6 is 11.6 Å². The van der Waals surface area contributed by atoms with Gasteiger partial charge in [0.2, 0.25) is 0 Å². The lowest BCUT2D eigenvalue weighted by molar-refractivity contribution is -0.137. The van der Waals surface area contributed by atoms with Gasteiger partial charge < -0.3 is 9.69 Å². The molecule has 3 nitrogen and oxygen atoms in total. The first-order valence-electron chi connectivity index (χ1n) is 6.16. The molecule has 0 saturated carbocycles. The van der Waals surface area contributed by atoms with Crippen LogP contribution in [0, 0.1) is 0 Å². The Bertz CT molecular complexity index is 464. The monoisotopic (exact) mass is 306 g/mol. The maximum Gasteiger partial charge on any atom is 0.416 e. The van der Waals surface area contributed by atoms with Crippen LogP contribution in [-0.4, -0.2) is 42.9 Å². The summed E-state index contributed by atoms with van der Waals surface area (Å²) in [5.41, 5.74) is -0.283. The van der Waals surface area contributed by atoms with Crippen molar-refractivity contribution in [3.05, 3.63) is 29.8 Å². The van der Waals surface area contributed by atoms with Crippen molar-refractivity contribution >= 4 is 23.6 Å². The van der Waals surface area contributed by atoms with E-state index in [2.05, 4.69) is 0 Å². The molecular formula is C13H14ClF3N2O. The number of nitrogens with zero attached hydrogens (tertiary/aromatic N) is 2. The number of piperazine rings is 1. The summed E-state index contributed by atoms with van der Waals surface area (Å²) in [6.07, 6.45) is -3.53. The molecule has 1 heterocycles. The van der Waals surface area contributed by atoms with Crippen LogP contribution in [0.25, 0.3) is 0 Å². The van der Waals surface area contributed by atoms with E-state index < -0.39 is 11.7 Å². The summed E-state index contributed by atoms with van der Waals surface area (Å²) in [7, 11) is 0. The van der Waals surface area contributed by atoms with Crippen LogP contribution in [0.3, 0.4) is 0 Å². The average molecular weight is 307 g/mol. The van der Waals surface area contributed by atoms with Crippen molar-refractivity contribution < 1.29 is 18.0 Å². The topological polar surface area (TPSA) is 23.6 Å². The van der Waals surface area contributed by atoms with Crippen molar-refractivity contribution in [3.8, 4) is 0 Å². The van der Waals surface area contributed by atoms with Gasteiger partial charge in [0.25, 0.3) is 0 Å². The first kappa shape index (κ1) is 15.1. The van der Waals surface area contributed by atoms with E-state index in [1.54, 1.807) is 0 Å². The normalized spacial score (nSPS) is 21.0. The Morgan fingerprint density at radius 2 is 1.90 bits per heavy atom. The largest absolute Gasteiger partial charge is 0.416 e. The molecule has 1 fully saturated rings. The van der Waals surface area contributed by atoms with E-state index in [9.17, 15) is 18.0 Å². The van der Waals surface area contributed by atoms with Crippen molar-refractivity contribution in [1.29, 1.82) is 0 Å². The second-order valence-electron chi connectivity index (χ2n) is 4.59. The summed E-state index contributed by atoms with van der Waals surface area (Å²) >= 11 is 6.16. The maximum absolute atomic E-state index is 12.5. The second kappa shape index (κ2) is 6.01. The highest BCUT2D eigenvalue weighted by Gasteiger charge is 2.30. The summed E-state index contributed by atoms with van der Waals surface area (Å²) in [6, 6.07) is 5.02. The molecule has 1 aromatic rings. The van der Waals surface area contributed by atoms with Gasteiger partial charge in [-0.3, -0.25) is 4.90 Å². The fourth-order valence-electron chi connectivity index (χ4n) is 2.17. The molecule has 7 heteroatoms. The second-order valence-corrected chi connectivity index (χ2v) is 5.09. The van der Waals surface area contributed by atoms with Crippen LogP contribution in [0.2, 0.25) is 0 Å². The Morgan fingerprint density at radius 1 is 1.25 bits per heavy atom. The van der Waals surface area contributed by atoms with Gasteiger partial charge in [0.1, 0.15) is 11.8 Å². The number of alkyl halides is 4. The molecule has 0 spiro atoms. The highest BCUT2D eigenvalue weighted by molar-refractivity contribution is 6.20. The average Bonchev–Trinajstić information content (AvgIpc) is 2.40. The van der Waals surface area contributed by atoms with Crippen LogP contribution < -0.4 is 4.90 Å². The predicted octanol–water partition coefficient (Wildman–Crippen LogP) is 2.59. The molecule has 1 unspecified atom stereocenters. The van der Waals surface area contributed by atoms with Gasteiger partial charge in [0.15, 0.2) is 0 Å². The smallest absolute Gasteiger partial charge is 0.367 e. The van der Waals surface area contributed by atoms with Crippen molar-refractivity contribution in [2.24, 2.45) is 0 Å². The number of anilines is 1. The third kappa shape index (κ3) is 3.43. The van der Waals surface area contributed by atoms with Crippen LogP contribution in [-0.2, 0) is 11.0 Å². The lowest BCUT2D eigenvalue weighted by Crippen LogP contribution is -2.51. The Kier molecular flexibility index (Phi) is 4.55. The zero-order valence-corrected chi connectivity index (χ0v) is 11.4. The SMILES string of the molecule is O=CCN1CCN(c2ccc(C(F)(F)F)cc2)CC1Cl.